The molecule has 1 rings (SSSR count). The van der Waals surface area contributed by atoms with Gasteiger partial charge in [0.15, 0.2) is 0 Å². The topological polar surface area (TPSA) is 51.2 Å². The number of methoxy groups -OCH3 is 2. The van der Waals surface area contributed by atoms with Gasteiger partial charge in [-0.05, 0) is 44.4 Å². The Kier molecular flexibility index (Phi) is 12.7. The van der Waals surface area contributed by atoms with Gasteiger partial charge in [0.05, 0.1) is 26.4 Å². The molecule has 5 nitrogen and oxygen atoms in total. The van der Waals surface area contributed by atoms with Crippen LogP contribution in [0.2, 0.25) is 0 Å². The molecule has 1 aliphatic rings. The van der Waals surface area contributed by atoms with Gasteiger partial charge in [-0.15, -0.1) is 0 Å². The number of aliphatic hydroxyl groups is 1. The molecule has 1 saturated carbocycles. The zero-order chi connectivity index (χ0) is 20.1. The quantitative estimate of drug-likeness (QED) is 0.409. The van der Waals surface area contributed by atoms with Crippen LogP contribution >= 0.6 is 0 Å². The summed E-state index contributed by atoms with van der Waals surface area (Å²) in [7, 11) is 3.33. The molecule has 0 aliphatic heterocycles. The number of allylic oxidation sites excluding steroid dienone is 1. The van der Waals surface area contributed by atoms with Gasteiger partial charge in [0, 0.05) is 19.7 Å². The average molecular weight is 384 g/mol. The van der Waals surface area contributed by atoms with Crippen LogP contribution in [0.5, 0.6) is 0 Å². The summed E-state index contributed by atoms with van der Waals surface area (Å²) < 4.78 is 17.1. The van der Waals surface area contributed by atoms with Crippen LogP contribution < -0.4 is 0 Å². The fraction of sp³-hybridized carbons (Fsp3) is 0.818. The van der Waals surface area contributed by atoms with E-state index in [2.05, 4.69) is 18.4 Å². The van der Waals surface area contributed by atoms with Crippen molar-refractivity contribution in [3.8, 4) is 0 Å². The number of hydrogen-bond acceptors (Lipinski definition) is 5. The molecule has 0 saturated heterocycles. The average Bonchev–Trinajstić information content (AvgIpc) is 2.66. The molecule has 27 heavy (non-hydrogen) atoms. The minimum absolute atomic E-state index is 0.0840. The number of ether oxygens (including phenoxy) is 3. The van der Waals surface area contributed by atoms with Crippen LogP contribution in [0, 0.1) is 0 Å². The number of likely N-dealkylation sites (N-methyl/N-ethyl adjacent to an activating group) is 1. The first-order valence-electron chi connectivity index (χ1n) is 10.5. The zero-order valence-electron chi connectivity index (χ0n) is 17.9. The fourth-order valence-corrected chi connectivity index (χ4v) is 3.80. The minimum Gasteiger partial charge on any atom is -0.498 e. The van der Waals surface area contributed by atoms with E-state index < -0.39 is 0 Å². The van der Waals surface area contributed by atoms with Crippen LogP contribution in [0.1, 0.15) is 58.8 Å². The normalized spacial score (nSPS) is 23.0. The van der Waals surface area contributed by atoms with Crippen molar-refractivity contribution in [1.82, 2.24) is 4.90 Å². The highest BCUT2D eigenvalue weighted by molar-refractivity contribution is 5.19. The lowest BCUT2D eigenvalue weighted by Gasteiger charge is -2.37. The molecule has 2 unspecified atom stereocenters. The van der Waals surface area contributed by atoms with Crippen LogP contribution in [-0.4, -0.2) is 68.8 Å². The Balaban J connectivity index is 2.63. The van der Waals surface area contributed by atoms with Crippen molar-refractivity contribution in [1.29, 1.82) is 0 Å². The maximum absolute atomic E-state index is 9.41. The molecule has 5 heteroatoms. The molecule has 0 spiro atoms. The number of hydrogen-bond donors (Lipinski definition) is 1. The molecular formula is C22H41NO4. The highest BCUT2D eigenvalue weighted by Crippen LogP contribution is 2.25. The summed E-state index contributed by atoms with van der Waals surface area (Å²) in [5.41, 5.74) is 0.987. The lowest BCUT2D eigenvalue weighted by molar-refractivity contribution is -0.0284. The van der Waals surface area contributed by atoms with Gasteiger partial charge in [-0.25, -0.2) is 0 Å². The highest BCUT2D eigenvalue weighted by Gasteiger charge is 2.27. The second-order valence-corrected chi connectivity index (χ2v) is 7.36. The van der Waals surface area contributed by atoms with E-state index in [4.69, 9.17) is 14.2 Å². The summed E-state index contributed by atoms with van der Waals surface area (Å²) in [5.74, 6) is 0.784. The third kappa shape index (κ3) is 8.77. The maximum atomic E-state index is 9.41. The van der Waals surface area contributed by atoms with Crippen molar-refractivity contribution in [2.75, 3.05) is 40.5 Å². The minimum atomic E-state index is -0.0840. The van der Waals surface area contributed by atoms with Gasteiger partial charge in [-0.3, -0.25) is 4.90 Å². The summed E-state index contributed by atoms with van der Waals surface area (Å²) in [6.07, 6.45) is 10.2. The molecule has 0 aromatic rings. The van der Waals surface area contributed by atoms with E-state index in [1.165, 1.54) is 25.7 Å². The first kappa shape index (κ1) is 24.2. The van der Waals surface area contributed by atoms with Gasteiger partial charge in [0.1, 0.15) is 11.9 Å². The second kappa shape index (κ2) is 14.2. The summed E-state index contributed by atoms with van der Waals surface area (Å²) in [4.78, 5) is 2.38. The summed E-state index contributed by atoms with van der Waals surface area (Å²) in [6.45, 7) is 10.8. The monoisotopic (exact) mass is 383 g/mol. The van der Waals surface area contributed by atoms with Crippen molar-refractivity contribution >= 4 is 0 Å². The smallest absolute Gasteiger partial charge is 0.124 e. The second-order valence-electron chi connectivity index (χ2n) is 7.36. The predicted molar refractivity (Wildman–Crippen MR) is 111 cm³/mol. The molecule has 0 heterocycles. The lowest BCUT2D eigenvalue weighted by Crippen LogP contribution is -2.46. The predicted octanol–water partition coefficient (Wildman–Crippen LogP) is 3.92. The maximum Gasteiger partial charge on any atom is 0.124 e. The molecule has 1 fully saturated rings. The zero-order valence-corrected chi connectivity index (χ0v) is 17.9. The van der Waals surface area contributed by atoms with Crippen LogP contribution in [0.25, 0.3) is 0 Å². The fourth-order valence-electron chi connectivity index (χ4n) is 3.80. The van der Waals surface area contributed by atoms with Crippen molar-refractivity contribution in [3.05, 3.63) is 24.0 Å². The van der Waals surface area contributed by atoms with Crippen molar-refractivity contribution < 1.29 is 19.3 Å². The molecule has 3 atom stereocenters. The summed E-state index contributed by atoms with van der Waals surface area (Å²) in [5, 5.41) is 9.41. The number of aliphatic hydroxyl groups excluding tert-OH is 1. The first-order chi connectivity index (χ1) is 13.1. The summed E-state index contributed by atoms with van der Waals surface area (Å²) >= 11 is 0. The molecule has 158 valence electrons. The van der Waals surface area contributed by atoms with Crippen molar-refractivity contribution in [2.24, 2.45) is 0 Å². The molecule has 0 aromatic heterocycles. The van der Waals surface area contributed by atoms with E-state index in [-0.39, 0.29) is 18.8 Å². The third-order valence-corrected chi connectivity index (χ3v) is 5.52. The highest BCUT2D eigenvalue weighted by atomic mass is 16.5. The largest absolute Gasteiger partial charge is 0.498 e. The van der Waals surface area contributed by atoms with E-state index in [9.17, 15) is 5.11 Å². The van der Waals surface area contributed by atoms with E-state index in [1.807, 2.05) is 13.0 Å². The molecule has 0 aromatic carbocycles. The van der Waals surface area contributed by atoms with Crippen molar-refractivity contribution in [2.45, 2.75) is 77.0 Å². The van der Waals surface area contributed by atoms with Gasteiger partial charge in [0.25, 0.3) is 0 Å². The van der Waals surface area contributed by atoms with Crippen molar-refractivity contribution in [3.63, 3.8) is 0 Å². The molecule has 1 aliphatic carbocycles. The van der Waals surface area contributed by atoms with E-state index in [1.54, 1.807) is 14.2 Å². The number of rotatable bonds is 12. The van der Waals surface area contributed by atoms with Gasteiger partial charge >= 0.3 is 0 Å². The van der Waals surface area contributed by atoms with E-state index >= 15 is 0 Å². The number of nitrogens with zero attached hydrogens (tertiary/aromatic N) is 1. The molecule has 0 bridgehead atoms. The van der Waals surface area contributed by atoms with Crippen LogP contribution in [0.4, 0.5) is 0 Å². The van der Waals surface area contributed by atoms with Crippen LogP contribution in [0.15, 0.2) is 24.0 Å². The third-order valence-electron chi connectivity index (χ3n) is 5.52. The summed E-state index contributed by atoms with van der Waals surface area (Å²) in [6, 6.07) is 0.398. The molecule has 0 radical (unpaired) electrons. The van der Waals surface area contributed by atoms with Crippen LogP contribution in [-0.2, 0) is 14.2 Å². The molecular weight excluding hydrogens is 342 g/mol. The SMILES string of the molecule is C=C(/C=C(/OC)C(C)OC)CCO[C@H]1CCCCCCC1N(CC)CCO. The standard InChI is InChI=1S/C22H41NO4/c1-6-23(14-15-24)20-11-9-7-8-10-12-21(20)27-16-13-18(2)17-22(26-5)19(3)25-4/h17,19-21,24H,2,6-16H2,1,3-5H3/b22-17+/t19?,20?,21-/m0/s1. The first-order valence-corrected chi connectivity index (χ1v) is 10.5. The Morgan fingerprint density at radius 2 is 1.93 bits per heavy atom. The Hall–Kier alpha value is -0.880. The molecule has 1 N–H and O–H groups in total. The molecule has 0 amide bonds. The van der Waals surface area contributed by atoms with E-state index in [0.29, 0.717) is 12.6 Å². The Labute approximate surface area is 166 Å². The Morgan fingerprint density at radius 3 is 2.52 bits per heavy atom. The van der Waals surface area contributed by atoms with Gasteiger partial charge in [0.2, 0.25) is 0 Å². The van der Waals surface area contributed by atoms with Crippen LogP contribution in [0.3, 0.4) is 0 Å². The Morgan fingerprint density at radius 1 is 1.22 bits per heavy atom. The van der Waals surface area contributed by atoms with Gasteiger partial charge in [-0.2, -0.15) is 0 Å². The van der Waals surface area contributed by atoms with Gasteiger partial charge in [-0.1, -0.05) is 39.2 Å². The van der Waals surface area contributed by atoms with Gasteiger partial charge < -0.3 is 19.3 Å². The Bertz CT molecular complexity index is 438. The lowest BCUT2D eigenvalue weighted by atomic mass is 9.93. The van der Waals surface area contributed by atoms with E-state index in [0.717, 1.165) is 43.7 Å².